The Morgan fingerprint density at radius 3 is 2.11 bits per heavy atom. The zero-order valence-electron chi connectivity index (χ0n) is 11.0. The van der Waals surface area contributed by atoms with E-state index in [0.29, 0.717) is 11.9 Å². The maximum Gasteiger partial charge on any atom is 0.229 e. The third-order valence-corrected chi connectivity index (χ3v) is 2.91. The van der Waals surface area contributed by atoms with Gasteiger partial charge in [0.25, 0.3) is 0 Å². The molecule has 0 aliphatic rings. The molecule has 0 saturated heterocycles. The summed E-state index contributed by atoms with van der Waals surface area (Å²) in [6.07, 6.45) is 3.75. The van der Waals surface area contributed by atoms with E-state index in [1.165, 1.54) is 0 Å². The topological polar surface area (TPSA) is 55.0 Å². The van der Waals surface area contributed by atoms with Crippen molar-refractivity contribution in [2.45, 2.75) is 19.8 Å². The summed E-state index contributed by atoms with van der Waals surface area (Å²) in [7, 11) is 1.94. The van der Waals surface area contributed by atoms with E-state index in [0.717, 1.165) is 16.9 Å². The lowest BCUT2D eigenvalue weighted by atomic mass is 10.1. The van der Waals surface area contributed by atoms with Crippen LogP contribution in [0.4, 0.5) is 17.3 Å². The summed E-state index contributed by atoms with van der Waals surface area (Å²) in [5.74, 6) is 1.13. The van der Waals surface area contributed by atoms with Gasteiger partial charge >= 0.3 is 0 Å². The van der Waals surface area contributed by atoms with Gasteiger partial charge in [-0.15, -0.1) is 0 Å². The third-order valence-electron chi connectivity index (χ3n) is 2.91. The Morgan fingerprint density at radius 1 is 1.06 bits per heavy atom. The number of aromatic nitrogens is 2. The van der Waals surface area contributed by atoms with Crippen LogP contribution in [0.15, 0.2) is 36.7 Å². The molecule has 94 valence electrons. The SMILES string of the molecule is CC(C)c1cnc(N(C)c2ccc(N)cc2)nc1. The van der Waals surface area contributed by atoms with Crippen LogP contribution in [-0.4, -0.2) is 17.0 Å². The maximum absolute atomic E-state index is 5.67. The molecule has 0 spiro atoms. The van der Waals surface area contributed by atoms with Gasteiger partial charge in [0.1, 0.15) is 0 Å². The molecule has 0 aliphatic carbocycles. The molecule has 1 heterocycles. The lowest BCUT2D eigenvalue weighted by Gasteiger charge is -2.17. The first-order chi connectivity index (χ1) is 8.58. The summed E-state index contributed by atoms with van der Waals surface area (Å²) >= 11 is 0. The standard InChI is InChI=1S/C14H18N4/c1-10(2)11-8-16-14(17-9-11)18(3)13-6-4-12(15)5-7-13/h4-10H,15H2,1-3H3. The first-order valence-electron chi connectivity index (χ1n) is 5.99. The van der Waals surface area contributed by atoms with Gasteiger partial charge in [-0.2, -0.15) is 0 Å². The minimum atomic E-state index is 0.445. The Morgan fingerprint density at radius 2 is 1.61 bits per heavy atom. The minimum absolute atomic E-state index is 0.445. The average molecular weight is 242 g/mol. The Bertz CT molecular complexity index is 502. The largest absolute Gasteiger partial charge is 0.399 e. The molecule has 18 heavy (non-hydrogen) atoms. The van der Waals surface area contributed by atoms with E-state index in [9.17, 15) is 0 Å². The van der Waals surface area contributed by atoms with Crippen LogP contribution in [0.25, 0.3) is 0 Å². The molecule has 1 aromatic carbocycles. The van der Waals surface area contributed by atoms with Gasteiger partial charge < -0.3 is 10.6 Å². The molecule has 0 aliphatic heterocycles. The van der Waals surface area contributed by atoms with Gasteiger partial charge in [0, 0.05) is 30.8 Å². The number of rotatable bonds is 3. The Labute approximate surface area is 107 Å². The second-order valence-electron chi connectivity index (χ2n) is 4.62. The number of benzene rings is 1. The first kappa shape index (κ1) is 12.4. The summed E-state index contributed by atoms with van der Waals surface area (Å²) in [5, 5.41) is 0. The second-order valence-corrected chi connectivity index (χ2v) is 4.62. The van der Waals surface area contributed by atoms with Gasteiger partial charge in [-0.3, -0.25) is 0 Å². The number of anilines is 3. The highest BCUT2D eigenvalue weighted by atomic mass is 15.2. The zero-order chi connectivity index (χ0) is 13.1. The monoisotopic (exact) mass is 242 g/mol. The van der Waals surface area contributed by atoms with Crippen LogP contribution in [-0.2, 0) is 0 Å². The van der Waals surface area contributed by atoms with E-state index in [-0.39, 0.29) is 0 Å². The highest BCUT2D eigenvalue weighted by molar-refractivity contribution is 5.59. The molecular weight excluding hydrogens is 224 g/mol. The number of hydrogen-bond donors (Lipinski definition) is 1. The molecule has 0 atom stereocenters. The van der Waals surface area contributed by atoms with E-state index >= 15 is 0 Å². The predicted octanol–water partition coefficient (Wildman–Crippen LogP) is 2.95. The van der Waals surface area contributed by atoms with Gasteiger partial charge in [-0.25, -0.2) is 9.97 Å². The van der Waals surface area contributed by atoms with E-state index in [4.69, 9.17) is 5.73 Å². The minimum Gasteiger partial charge on any atom is -0.399 e. The summed E-state index contributed by atoms with van der Waals surface area (Å²) in [6, 6.07) is 7.65. The van der Waals surface area contributed by atoms with Crippen molar-refractivity contribution >= 4 is 17.3 Å². The molecule has 0 unspecified atom stereocenters. The molecule has 0 saturated carbocycles. The molecule has 0 fully saturated rings. The fraction of sp³-hybridized carbons (Fsp3) is 0.286. The van der Waals surface area contributed by atoms with Crippen molar-refractivity contribution in [3.05, 3.63) is 42.2 Å². The number of nitrogen functional groups attached to an aromatic ring is 1. The maximum atomic E-state index is 5.67. The van der Waals surface area contributed by atoms with Gasteiger partial charge in [0.2, 0.25) is 5.95 Å². The molecular formula is C14H18N4. The van der Waals surface area contributed by atoms with Crippen LogP contribution in [0.3, 0.4) is 0 Å². The average Bonchev–Trinajstić information content (AvgIpc) is 2.39. The Balaban J connectivity index is 2.23. The molecule has 2 rings (SSSR count). The summed E-state index contributed by atoms with van der Waals surface area (Å²) in [4.78, 5) is 10.7. The summed E-state index contributed by atoms with van der Waals surface area (Å²) in [6.45, 7) is 4.25. The lowest BCUT2D eigenvalue weighted by Crippen LogP contribution is -2.13. The van der Waals surface area contributed by atoms with Crippen LogP contribution >= 0.6 is 0 Å². The zero-order valence-corrected chi connectivity index (χ0v) is 11.0. The van der Waals surface area contributed by atoms with E-state index in [2.05, 4.69) is 23.8 Å². The van der Waals surface area contributed by atoms with Gasteiger partial charge in [0.15, 0.2) is 0 Å². The summed E-state index contributed by atoms with van der Waals surface area (Å²) < 4.78 is 0. The molecule has 2 N–H and O–H groups in total. The van der Waals surface area contributed by atoms with Crippen LogP contribution < -0.4 is 10.6 Å². The highest BCUT2D eigenvalue weighted by Crippen LogP contribution is 2.21. The second kappa shape index (κ2) is 5.04. The fourth-order valence-corrected chi connectivity index (χ4v) is 1.62. The first-order valence-corrected chi connectivity index (χ1v) is 5.99. The molecule has 0 radical (unpaired) electrons. The quantitative estimate of drug-likeness (QED) is 0.841. The number of nitrogens with zero attached hydrogens (tertiary/aromatic N) is 3. The molecule has 2 aromatic rings. The third kappa shape index (κ3) is 2.59. The van der Waals surface area contributed by atoms with Crippen LogP contribution in [0, 0.1) is 0 Å². The fourth-order valence-electron chi connectivity index (χ4n) is 1.62. The van der Waals surface area contributed by atoms with Crippen molar-refractivity contribution < 1.29 is 0 Å². The predicted molar refractivity (Wildman–Crippen MR) is 75.0 cm³/mol. The van der Waals surface area contributed by atoms with Crippen molar-refractivity contribution in [1.82, 2.24) is 9.97 Å². The van der Waals surface area contributed by atoms with Crippen LogP contribution in [0.2, 0.25) is 0 Å². The summed E-state index contributed by atoms with van der Waals surface area (Å²) in [5.41, 5.74) is 8.58. The molecule has 1 aromatic heterocycles. The normalized spacial score (nSPS) is 10.7. The lowest BCUT2D eigenvalue weighted by molar-refractivity contribution is 0.842. The van der Waals surface area contributed by atoms with E-state index in [1.54, 1.807) is 0 Å². The molecule has 0 amide bonds. The van der Waals surface area contributed by atoms with Crippen LogP contribution in [0.5, 0.6) is 0 Å². The van der Waals surface area contributed by atoms with E-state index < -0.39 is 0 Å². The van der Waals surface area contributed by atoms with Crippen molar-refractivity contribution in [3.63, 3.8) is 0 Å². The highest BCUT2D eigenvalue weighted by Gasteiger charge is 2.07. The molecule has 4 nitrogen and oxygen atoms in total. The molecule has 4 heteroatoms. The van der Waals surface area contributed by atoms with Gasteiger partial charge in [-0.05, 0) is 35.7 Å². The Kier molecular flexibility index (Phi) is 3.46. The van der Waals surface area contributed by atoms with E-state index in [1.807, 2.05) is 48.6 Å². The van der Waals surface area contributed by atoms with Crippen molar-refractivity contribution in [3.8, 4) is 0 Å². The van der Waals surface area contributed by atoms with Gasteiger partial charge in [-0.1, -0.05) is 13.8 Å². The van der Waals surface area contributed by atoms with Crippen molar-refractivity contribution in [2.75, 3.05) is 17.7 Å². The van der Waals surface area contributed by atoms with Crippen molar-refractivity contribution in [2.24, 2.45) is 0 Å². The van der Waals surface area contributed by atoms with Crippen LogP contribution in [0.1, 0.15) is 25.3 Å². The van der Waals surface area contributed by atoms with Crippen molar-refractivity contribution in [1.29, 1.82) is 0 Å². The number of hydrogen-bond acceptors (Lipinski definition) is 4. The number of nitrogens with two attached hydrogens (primary N) is 1. The van der Waals surface area contributed by atoms with Gasteiger partial charge in [0.05, 0.1) is 0 Å². The smallest absolute Gasteiger partial charge is 0.229 e. The Hall–Kier alpha value is -2.10. The molecule has 0 bridgehead atoms.